The lowest BCUT2D eigenvalue weighted by Gasteiger charge is -2.21. The maximum atomic E-state index is 11.3. The number of anilines is 1. The largest absolute Gasteiger partial charge is 0.481 e. The molecule has 0 heterocycles. The van der Waals surface area contributed by atoms with Gasteiger partial charge in [0.15, 0.2) is 0 Å². The Hall–Kier alpha value is -1.51. The van der Waals surface area contributed by atoms with Gasteiger partial charge in [-0.2, -0.15) is 0 Å². The highest BCUT2D eigenvalue weighted by atomic mass is 16.4. The molecule has 0 saturated carbocycles. The van der Waals surface area contributed by atoms with Gasteiger partial charge < -0.3 is 10.8 Å². The summed E-state index contributed by atoms with van der Waals surface area (Å²) in [5.74, 6) is -1.19. The Morgan fingerprint density at radius 3 is 2.56 bits per heavy atom. The number of hydrogen-bond donors (Lipinski definition) is 2. The van der Waals surface area contributed by atoms with Crippen molar-refractivity contribution in [3.63, 3.8) is 0 Å². The van der Waals surface area contributed by atoms with E-state index < -0.39 is 11.9 Å². The van der Waals surface area contributed by atoms with Crippen molar-refractivity contribution in [1.29, 1.82) is 0 Å². The Kier molecular flexibility index (Phi) is 4.35. The molecule has 0 radical (unpaired) electrons. The highest BCUT2D eigenvalue weighted by molar-refractivity contribution is 5.78. The minimum Gasteiger partial charge on any atom is -0.481 e. The first kappa shape index (κ1) is 12.6. The summed E-state index contributed by atoms with van der Waals surface area (Å²) >= 11 is 0. The van der Waals surface area contributed by atoms with Gasteiger partial charge in [0.05, 0.1) is 5.92 Å². The predicted molar refractivity (Wildman–Crippen MR) is 65.3 cm³/mol. The van der Waals surface area contributed by atoms with Gasteiger partial charge in [0, 0.05) is 5.69 Å². The van der Waals surface area contributed by atoms with E-state index in [4.69, 9.17) is 5.73 Å². The number of rotatable bonds is 5. The molecule has 3 nitrogen and oxygen atoms in total. The number of carboxylic acids is 1. The molecule has 2 unspecified atom stereocenters. The van der Waals surface area contributed by atoms with Crippen molar-refractivity contribution >= 4 is 11.7 Å². The minimum absolute atomic E-state index is 0.104. The van der Waals surface area contributed by atoms with Crippen LogP contribution < -0.4 is 5.73 Å². The fourth-order valence-corrected chi connectivity index (χ4v) is 2.10. The Morgan fingerprint density at radius 1 is 1.44 bits per heavy atom. The van der Waals surface area contributed by atoms with Gasteiger partial charge in [0.1, 0.15) is 0 Å². The number of nitrogen functional groups attached to an aromatic ring is 1. The molecule has 3 heteroatoms. The Morgan fingerprint density at radius 2 is 2.06 bits per heavy atom. The monoisotopic (exact) mass is 221 g/mol. The third kappa shape index (κ3) is 2.75. The molecule has 88 valence electrons. The molecule has 0 bridgehead atoms. The molecule has 0 aliphatic heterocycles. The van der Waals surface area contributed by atoms with Crippen molar-refractivity contribution in [2.75, 3.05) is 5.73 Å². The standard InChI is InChI=1S/C13H19NO2/c1-3-6-9(2)12(13(15)16)10-7-4-5-8-11(10)14/h4-5,7-9,12H,3,6,14H2,1-2H3,(H,15,16). The van der Waals surface area contributed by atoms with Crippen molar-refractivity contribution < 1.29 is 9.90 Å². The summed E-state index contributed by atoms with van der Waals surface area (Å²) in [5.41, 5.74) is 7.13. The zero-order valence-electron chi connectivity index (χ0n) is 9.81. The molecule has 1 rings (SSSR count). The van der Waals surface area contributed by atoms with E-state index in [-0.39, 0.29) is 5.92 Å². The first-order chi connectivity index (χ1) is 7.57. The second-order valence-electron chi connectivity index (χ2n) is 4.21. The van der Waals surface area contributed by atoms with E-state index in [1.807, 2.05) is 19.1 Å². The molecule has 1 aromatic carbocycles. The SMILES string of the molecule is CCCC(C)C(C(=O)O)c1ccccc1N. The summed E-state index contributed by atoms with van der Waals surface area (Å²) in [7, 11) is 0. The molecule has 16 heavy (non-hydrogen) atoms. The average molecular weight is 221 g/mol. The van der Waals surface area contributed by atoms with Crippen LogP contribution in [0.5, 0.6) is 0 Å². The van der Waals surface area contributed by atoms with E-state index in [0.717, 1.165) is 18.4 Å². The van der Waals surface area contributed by atoms with E-state index in [1.165, 1.54) is 0 Å². The van der Waals surface area contributed by atoms with Gasteiger partial charge in [-0.15, -0.1) is 0 Å². The van der Waals surface area contributed by atoms with Crippen LogP contribution in [0.3, 0.4) is 0 Å². The summed E-state index contributed by atoms with van der Waals surface area (Å²) in [6, 6.07) is 7.22. The lowest BCUT2D eigenvalue weighted by Crippen LogP contribution is -2.20. The molecular weight excluding hydrogens is 202 g/mol. The van der Waals surface area contributed by atoms with Crippen molar-refractivity contribution in [2.24, 2.45) is 5.92 Å². The second kappa shape index (κ2) is 5.54. The van der Waals surface area contributed by atoms with Gasteiger partial charge >= 0.3 is 5.97 Å². The molecule has 0 amide bonds. The predicted octanol–water partition coefficient (Wildman–Crippen LogP) is 2.87. The summed E-state index contributed by atoms with van der Waals surface area (Å²) < 4.78 is 0. The first-order valence-electron chi connectivity index (χ1n) is 5.65. The summed E-state index contributed by atoms with van der Waals surface area (Å²) in [6.07, 6.45) is 1.88. The van der Waals surface area contributed by atoms with Crippen LogP contribution in [0, 0.1) is 5.92 Å². The van der Waals surface area contributed by atoms with E-state index >= 15 is 0 Å². The summed E-state index contributed by atoms with van der Waals surface area (Å²) in [5, 5.41) is 9.29. The Labute approximate surface area is 96.3 Å². The number of hydrogen-bond acceptors (Lipinski definition) is 2. The van der Waals surface area contributed by atoms with E-state index in [2.05, 4.69) is 6.92 Å². The number of carbonyl (C=O) groups is 1. The fraction of sp³-hybridized carbons (Fsp3) is 0.462. The zero-order chi connectivity index (χ0) is 12.1. The molecule has 3 N–H and O–H groups in total. The molecule has 0 spiro atoms. The third-order valence-corrected chi connectivity index (χ3v) is 2.91. The topological polar surface area (TPSA) is 63.3 Å². The molecule has 2 atom stereocenters. The normalized spacial score (nSPS) is 14.4. The van der Waals surface area contributed by atoms with Crippen LogP contribution >= 0.6 is 0 Å². The van der Waals surface area contributed by atoms with Crippen LogP contribution in [0.25, 0.3) is 0 Å². The Bertz CT molecular complexity index is 363. The molecule has 0 aliphatic rings. The summed E-state index contributed by atoms with van der Waals surface area (Å²) in [6.45, 7) is 4.03. The van der Waals surface area contributed by atoms with E-state index in [0.29, 0.717) is 5.69 Å². The average Bonchev–Trinajstić information content (AvgIpc) is 2.21. The molecule has 0 saturated heterocycles. The van der Waals surface area contributed by atoms with Crippen LogP contribution in [0.2, 0.25) is 0 Å². The van der Waals surface area contributed by atoms with E-state index in [9.17, 15) is 9.90 Å². The molecule has 0 aliphatic carbocycles. The third-order valence-electron chi connectivity index (χ3n) is 2.91. The van der Waals surface area contributed by atoms with Gasteiger partial charge in [0.25, 0.3) is 0 Å². The lowest BCUT2D eigenvalue weighted by atomic mass is 9.84. The van der Waals surface area contributed by atoms with Crippen LogP contribution in [-0.4, -0.2) is 11.1 Å². The fourth-order valence-electron chi connectivity index (χ4n) is 2.10. The highest BCUT2D eigenvalue weighted by Gasteiger charge is 2.27. The number of para-hydroxylation sites is 1. The van der Waals surface area contributed by atoms with Gasteiger partial charge in [0.2, 0.25) is 0 Å². The van der Waals surface area contributed by atoms with Crippen molar-refractivity contribution in [1.82, 2.24) is 0 Å². The maximum Gasteiger partial charge on any atom is 0.311 e. The van der Waals surface area contributed by atoms with E-state index in [1.54, 1.807) is 12.1 Å². The van der Waals surface area contributed by atoms with Gasteiger partial charge in [-0.1, -0.05) is 38.5 Å². The second-order valence-corrected chi connectivity index (χ2v) is 4.21. The van der Waals surface area contributed by atoms with Crippen molar-refractivity contribution in [2.45, 2.75) is 32.6 Å². The Balaban J connectivity index is 3.03. The van der Waals surface area contributed by atoms with Crippen LogP contribution in [0.4, 0.5) is 5.69 Å². The lowest BCUT2D eigenvalue weighted by molar-refractivity contribution is -0.140. The first-order valence-corrected chi connectivity index (χ1v) is 5.65. The quantitative estimate of drug-likeness (QED) is 0.751. The maximum absolute atomic E-state index is 11.3. The van der Waals surface area contributed by atoms with Gasteiger partial charge in [-0.25, -0.2) is 0 Å². The molecular formula is C13H19NO2. The van der Waals surface area contributed by atoms with Gasteiger partial charge in [-0.05, 0) is 24.0 Å². The number of aliphatic carboxylic acids is 1. The number of carboxylic acid groups (broad SMARTS) is 1. The van der Waals surface area contributed by atoms with Crippen LogP contribution in [-0.2, 0) is 4.79 Å². The van der Waals surface area contributed by atoms with Crippen molar-refractivity contribution in [3.8, 4) is 0 Å². The molecule has 1 aromatic rings. The molecule has 0 aromatic heterocycles. The van der Waals surface area contributed by atoms with Crippen LogP contribution in [0.15, 0.2) is 24.3 Å². The van der Waals surface area contributed by atoms with Crippen LogP contribution in [0.1, 0.15) is 38.2 Å². The molecule has 0 fully saturated rings. The minimum atomic E-state index is -0.793. The highest BCUT2D eigenvalue weighted by Crippen LogP contribution is 2.31. The van der Waals surface area contributed by atoms with Gasteiger partial charge in [-0.3, -0.25) is 4.79 Å². The van der Waals surface area contributed by atoms with Crippen molar-refractivity contribution in [3.05, 3.63) is 29.8 Å². The zero-order valence-corrected chi connectivity index (χ0v) is 9.81. The number of nitrogens with two attached hydrogens (primary N) is 1. The summed E-state index contributed by atoms with van der Waals surface area (Å²) in [4.78, 5) is 11.3. The number of benzene rings is 1. The smallest absolute Gasteiger partial charge is 0.311 e.